The van der Waals surface area contributed by atoms with Crippen molar-refractivity contribution in [3.05, 3.63) is 0 Å². The zero-order valence-corrected chi connectivity index (χ0v) is 7.18. The van der Waals surface area contributed by atoms with E-state index in [4.69, 9.17) is 0 Å². The Labute approximate surface area is 72.1 Å². The van der Waals surface area contributed by atoms with E-state index >= 15 is 0 Å². The van der Waals surface area contributed by atoms with Gasteiger partial charge >= 0.3 is 6.03 Å². The van der Waals surface area contributed by atoms with E-state index in [1.807, 2.05) is 0 Å². The maximum Gasteiger partial charge on any atom is 0.317 e. The van der Waals surface area contributed by atoms with Crippen molar-refractivity contribution in [2.75, 3.05) is 13.1 Å². The topological polar surface area (TPSA) is 32.3 Å². The first-order valence-electron chi connectivity index (χ1n) is 4.86. The van der Waals surface area contributed by atoms with E-state index in [1.54, 1.807) is 0 Å². The van der Waals surface area contributed by atoms with Crippen LogP contribution in [0.25, 0.3) is 0 Å². The number of carbonyl (C=O) groups is 1. The van der Waals surface area contributed by atoms with Crippen molar-refractivity contribution in [2.24, 2.45) is 5.92 Å². The zero-order chi connectivity index (χ0) is 8.18. The molecule has 1 N–H and O–H groups in total. The fraction of sp³-hybridized carbons (Fsp3) is 0.889. The Hall–Kier alpha value is -0.730. The van der Waals surface area contributed by atoms with Crippen LogP contribution in [0.3, 0.4) is 0 Å². The zero-order valence-electron chi connectivity index (χ0n) is 7.18. The quantitative estimate of drug-likeness (QED) is 0.618. The number of urea groups is 1. The summed E-state index contributed by atoms with van der Waals surface area (Å²) in [5, 5.41) is 2.88. The van der Waals surface area contributed by atoms with E-state index in [-0.39, 0.29) is 6.03 Å². The summed E-state index contributed by atoms with van der Waals surface area (Å²) >= 11 is 0. The molecule has 4 fully saturated rings. The number of amides is 2. The van der Waals surface area contributed by atoms with E-state index in [0.717, 1.165) is 19.0 Å². The second kappa shape index (κ2) is 1.95. The molecule has 2 bridgehead atoms. The molecule has 4 rings (SSSR count). The monoisotopic (exact) mass is 166 g/mol. The number of nitrogens with zero attached hydrogens (tertiary/aromatic N) is 1. The molecular weight excluding hydrogens is 152 g/mol. The van der Waals surface area contributed by atoms with Crippen LogP contribution in [-0.2, 0) is 0 Å². The number of hydrogen-bond acceptors (Lipinski definition) is 1. The van der Waals surface area contributed by atoms with Gasteiger partial charge in [0.15, 0.2) is 0 Å². The molecule has 3 nitrogen and oxygen atoms in total. The highest BCUT2D eigenvalue weighted by Crippen LogP contribution is 2.55. The molecule has 2 amide bonds. The van der Waals surface area contributed by atoms with Crippen LogP contribution < -0.4 is 5.32 Å². The molecular formula is C9H14N2O. The summed E-state index contributed by atoms with van der Waals surface area (Å²) < 4.78 is 0. The van der Waals surface area contributed by atoms with Crippen molar-refractivity contribution in [3.8, 4) is 0 Å². The smallest absolute Gasteiger partial charge is 0.317 e. The van der Waals surface area contributed by atoms with Gasteiger partial charge in [-0.3, -0.25) is 0 Å². The summed E-state index contributed by atoms with van der Waals surface area (Å²) in [6, 6.07) is 0.176. The summed E-state index contributed by atoms with van der Waals surface area (Å²) in [7, 11) is 0. The molecule has 0 aromatic carbocycles. The minimum Gasteiger partial charge on any atom is -0.336 e. The lowest BCUT2D eigenvalue weighted by Gasteiger charge is -2.45. The van der Waals surface area contributed by atoms with Crippen LogP contribution >= 0.6 is 0 Å². The molecule has 0 atom stereocenters. The van der Waals surface area contributed by atoms with Gasteiger partial charge in [-0.15, -0.1) is 0 Å². The SMILES string of the molecule is O=C1NCCN1C12CCC(C1)C2. The van der Waals surface area contributed by atoms with Crippen LogP contribution in [0.15, 0.2) is 0 Å². The number of nitrogens with one attached hydrogen (secondary N) is 1. The standard InChI is InChI=1S/C9H14N2O/c12-8-10-3-4-11(8)9-2-1-7(5-9)6-9/h7H,1-6H2,(H,10,12). The highest BCUT2D eigenvalue weighted by atomic mass is 16.2. The van der Waals surface area contributed by atoms with Crippen LogP contribution in [0.5, 0.6) is 0 Å². The predicted octanol–water partition coefficient (Wildman–Crippen LogP) is 0.954. The largest absolute Gasteiger partial charge is 0.336 e. The molecule has 1 saturated heterocycles. The lowest BCUT2D eigenvalue weighted by atomic mass is 9.76. The lowest BCUT2D eigenvalue weighted by Crippen LogP contribution is -2.53. The van der Waals surface area contributed by atoms with Crippen molar-refractivity contribution >= 4 is 6.03 Å². The molecule has 0 radical (unpaired) electrons. The van der Waals surface area contributed by atoms with Crippen molar-refractivity contribution in [1.82, 2.24) is 10.2 Å². The predicted molar refractivity (Wildman–Crippen MR) is 44.8 cm³/mol. The van der Waals surface area contributed by atoms with Crippen LogP contribution in [0.2, 0.25) is 0 Å². The minimum absolute atomic E-state index is 0.176. The van der Waals surface area contributed by atoms with Gasteiger partial charge in [0.2, 0.25) is 0 Å². The van der Waals surface area contributed by atoms with Crippen LogP contribution in [-0.4, -0.2) is 29.6 Å². The summed E-state index contributed by atoms with van der Waals surface area (Å²) in [6.07, 6.45) is 5.16. The van der Waals surface area contributed by atoms with Gasteiger partial charge in [0, 0.05) is 18.6 Å². The Kier molecular flexibility index (Phi) is 1.10. The van der Waals surface area contributed by atoms with Gasteiger partial charge in [-0.1, -0.05) is 0 Å². The molecule has 66 valence electrons. The fourth-order valence-corrected chi connectivity index (χ4v) is 3.18. The molecule has 0 aromatic rings. The molecule has 3 heteroatoms. The molecule has 0 unspecified atom stereocenters. The second-order valence-corrected chi connectivity index (χ2v) is 4.42. The van der Waals surface area contributed by atoms with Gasteiger partial charge in [-0.2, -0.15) is 0 Å². The number of rotatable bonds is 1. The number of hydrogen-bond donors (Lipinski definition) is 1. The highest BCUT2D eigenvalue weighted by Gasteiger charge is 2.55. The third-order valence-corrected chi connectivity index (χ3v) is 3.78. The summed E-state index contributed by atoms with van der Waals surface area (Å²) in [5.41, 5.74) is 0.311. The summed E-state index contributed by atoms with van der Waals surface area (Å²) in [4.78, 5) is 13.5. The van der Waals surface area contributed by atoms with Gasteiger partial charge in [0.25, 0.3) is 0 Å². The van der Waals surface area contributed by atoms with E-state index in [0.29, 0.717) is 5.54 Å². The van der Waals surface area contributed by atoms with Gasteiger partial charge in [-0.25, -0.2) is 4.79 Å². The molecule has 0 aromatic heterocycles. The Bertz CT molecular complexity index is 227. The lowest BCUT2D eigenvalue weighted by molar-refractivity contribution is 0.0726. The van der Waals surface area contributed by atoms with E-state index < -0.39 is 0 Å². The average molecular weight is 166 g/mol. The van der Waals surface area contributed by atoms with Crippen LogP contribution in [0, 0.1) is 5.92 Å². The number of fused-ring (bicyclic) bond motifs is 1. The van der Waals surface area contributed by atoms with Crippen molar-refractivity contribution in [1.29, 1.82) is 0 Å². The highest BCUT2D eigenvalue weighted by molar-refractivity contribution is 5.77. The van der Waals surface area contributed by atoms with E-state index in [9.17, 15) is 4.79 Å². The first-order chi connectivity index (χ1) is 5.80. The summed E-state index contributed by atoms with van der Waals surface area (Å²) in [6.45, 7) is 1.79. The first kappa shape index (κ1) is 6.75. The molecule has 4 aliphatic rings. The van der Waals surface area contributed by atoms with Crippen molar-refractivity contribution in [2.45, 2.75) is 31.2 Å². The molecule has 3 saturated carbocycles. The van der Waals surface area contributed by atoms with Crippen LogP contribution in [0.1, 0.15) is 25.7 Å². The van der Waals surface area contributed by atoms with Crippen molar-refractivity contribution in [3.63, 3.8) is 0 Å². The fourth-order valence-electron chi connectivity index (χ4n) is 3.18. The Morgan fingerprint density at radius 2 is 2.33 bits per heavy atom. The minimum atomic E-state index is 0.176. The average Bonchev–Trinajstić information content (AvgIpc) is 2.56. The maximum absolute atomic E-state index is 11.4. The third kappa shape index (κ3) is 0.648. The van der Waals surface area contributed by atoms with Crippen LogP contribution in [0.4, 0.5) is 4.79 Å². The maximum atomic E-state index is 11.4. The second-order valence-electron chi connectivity index (χ2n) is 4.42. The van der Waals surface area contributed by atoms with Crippen molar-refractivity contribution < 1.29 is 4.79 Å². The Morgan fingerprint density at radius 1 is 1.50 bits per heavy atom. The molecule has 12 heavy (non-hydrogen) atoms. The summed E-state index contributed by atoms with van der Waals surface area (Å²) in [5.74, 6) is 0.943. The Balaban J connectivity index is 1.84. The molecule has 0 spiro atoms. The normalized spacial score (nSPS) is 44.5. The van der Waals surface area contributed by atoms with E-state index in [1.165, 1.54) is 25.7 Å². The molecule has 1 aliphatic heterocycles. The Morgan fingerprint density at radius 3 is 2.83 bits per heavy atom. The van der Waals surface area contributed by atoms with E-state index in [2.05, 4.69) is 10.2 Å². The van der Waals surface area contributed by atoms with Gasteiger partial charge in [0.05, 0.1) is 0 Å². The van der Waals surface area contributed by atoms with Gasteiger partial charge < -0.3 is 10.2 Å². The van der Waals surface area contributed by atoms with Gasteiger partial charge in [-0.05, 0) is 31.6 Å². The number of carbonyl (C=O) groups excluding carboxylic acids is 1. The third-order valence-electron chi connectivity index (χ3n) is 3.78. The van der Waals surface area contributed by atoms with Gasteiger partial charge in [0.1, 0.15) is 0 Å². The molecule has 1 heterocycles. The first-order valence-corrected chi connectivity index (χ1v) is 4.86. The molecule has 3 aliphatic carbocycles.